The van der Waals surface area contributed by atoms with Crippen molar-refractivity contribution in [2.75, 3.05) is 0 Å². The summed E-state index contributed by atoms with van der Waals surface area (Å²) in [7, 11) is 0. The van der Waals surface area contributed by atoms with Crippen LogP contribution < -0.4 is 5.32 Å². The number of benzene rings is 1. The van der Waals surface area contributed by atoms with Gasteiger partial charge in [0.1, 0.15) is 10.7 Å². The Hall–Kier alpha value is -3.03. The molecule has 29 heavy (non-hydrogen) atoms. The summed E-state index contributed by atoms with van der Waals surface area (Å²) < 4.78 is 13.5. The second-order valence-electron chi connectivity index (χ2n) is 6.00. The number of aliphatic hydroxyl groups is 4. The number of nitrogens with one attached hydrogen (secondary N) is 2. The van der Waals surface area contributed by atoms with Gasteiger partial charge in [-0.3, -0.25) is 4.79 Å². The Kier molecular flexibility index (Phi) is 5.55. The zero-order valence-corrected chi connectivity index (χ0v) is 15.3. The first-order chi connectivity index (χ1) is 13.6. The molecule has 1 atom stereocenters. The number of aromatic hydroxyl groups is 2. The molecule has 1 amide bonds. The van der Waals surface area contributed by atoms with Gasteiger partial charge in [-0.05, 0) is 30.3 Å². The number of rotatable bonds is 6. The number of aliphatic hydroxyl groups excluding tert-OH is 1. The number of hydrogen-bond donors (Lipinski definition) is 8. The predicted octanol–water partition coefficient (Wildman–Crippen LogP) is 0.283. The summed E-state index contributed by atoms with van der Waals surface area (Å²) in [5.41, 5.74) is 0.614. The minimum absolute atomic E-state index is 0.0000145. The van der Waals surface area contributed by atoms with Gasteiger partial charge in [0.25, 0.3) is 5.91 Å². The minimum Gasteiger partial charge on any atom is -0.505 e. The van der Waals surface area contributed by atoms with E-state index in [9.17, 15) is 34.7 Å². The molecule has 0 spiro atoms. The van der Waals surface area contributed by atoms with Gasteiger partial charge >= 0.3 is 5.97 Å². The fraction of sp³-hybridized carbons (Fsp3) is 0.176. The largest absolute Gasteiger partial charge is 0.505 e. The van der Waals surface area contributed by atoms with Crippen LogP contribution in [0, 0.1) is 5.82 Å². The van der Waals surface area contributed by atoms with Gasteiger partial charge in [0.05, 0.1) is 11.5 Å². The summed E-state index contributed by atoms with van der Waals surface area (Å²) in [5, 5.41) is 58.6. The molecule has 0 fully saturated rings. The van der Waals surface area contributed by atoms with E-state index in [4.69, 9.17) is 5.11 Å². The molecule has 0 saturated carbocycles. The van der Waals surface area contributed by atoms with E-state index in [0.29, 0.717) is 22.6 Å². The lowest BCUT2D eigenvalue weighted by Crippen LogP contribution is -2.46. The number of carbonyl (C=O) groups is 1. The van der Waals surface area contributed by atoms with Crippen LogP contribution in [-0.2, 0) is 6.61 Å². The lowest BCUT2D eigenvalue weighted by atomic mass is 10.1. The van der Waals surface area contributed by atoms with Crippen LogP contribution in [0.25, 0.3) is 11.3 Å². The smallest absolute Gasteiger partial charge is 0.303 e. The molecule has 0 saturated heterocycles. The fourth-order valence-electron chi connectivity index (χ4n) is 2.49. The molecule has 0 aliphatic rings. The zero-order chi connectivity index (χ0) is 21.3. The number of phenolic OH excluding ortho intramolecular Hbond substituents is 1. The van der Waals surface area contributed by atoms with Crippen LogP contribution >= 0.6 is 11.3 Å². The summed E-state index contributed by atoms with van der Waals surface area (Å²) in [4.78, 5) is 18.8. The van der Waals surface area contributed by atoms with Crippen molar-refractivity contribution in [1.29, 1.82) is 0 Å². The van der Waals surface area contributed by atoms with E-state index in [1.807, 2.05) is 0 Å². The maximum atomic E-state index is 13.5. The molecule has 3 rings (SSSR count). The van der Waals surface area contributed by atoms with Crippen molar-refractivity contribution >= 4 is 17.2 Å². The standard InChI is InChI=1S/C17H16FN3O7S/c18-8-5-7(1-4-11(8)23)9-2-3-10(19-9)14(24)20-13(17(26,27)28)16-21-15(25)12(6-22)29-16/h1-5,13,19,22-23,25-28H,6H2,(H,20,24). The Labute approximate surface area is 166 Å². The van der Waals surface area contributed by atoms with Gasteiger partial charge in [0.15, 0.2) is 17.6 Å². The Morgan fingerprint density at radius 2 is 1.97 bits per heavy atom. The number of carbonyl (C=O) groups excluding carboxylic acids is 1. The van der Waals surface area contributed by atoms with Gasteiger partial charge < -0.3 is 40.9 Å². The zero-order valence-electron chi connectivity index (χ0n) is 14.5. The quantitative estimate of drug-likeness (QED) is 0.259. The SMILES string of the molecule is O=C(NC(c1nc(O)c(CO)s1)C(O)(O)O)c1ccc(-c2ccc(O)c(F)c2)[nH]1. The Morgan fingerprint density at radius 3 is 2.55 bits per heavy atom. The van der Waals surface area contributed by atoms with Crippen molar-refractivity contribution in [3.05, 3.63) is 51.7 Å². The second kappa shape index (κ2) is 7.77. The molecule has 2 heterocycles. The first kappa shape index (κ1) is 20.7. The van der Waals surface area contributed by atoms with E-state index in [1.54, 1.807) is 0 Å². The number of thiazole rings is 1. The molecule has 10 nitrogen and oxygen atoms in total. The van der Waals surface area contributed by atoms with Gasteiger partial charge in [-0.25, -0.2) is 9.37 Å². The number of nitrogens with zero attached hydrogens (tertiary/aromatic N) is 1. The van der Waals surface area contributed by atoms with Crippen molar-refractivity contribution in [2.45, 2.75) is 18.6 Å². The molecule has 1 unspecified atom stereocenters. The maximum Gasteiger partial charge on any atom is 0.303 e. The Bertz CT molecular complexity index is 1040. The normalized spacial score (nSPS) is 12.7. The number of H-pyrrole nitrogens is 1. The van der Waals surface area contributed by atoms with Gasteiger partial charge in [0, 0.05) is 11.3 Å². The molecular weight excluding hydrogens is 409 g/mol. The topological polar surface area (TPSA) is 179 Å². The highest BCUT2D eigenvalue weighted by Crippen LogP contribution is 2.32. The summed E-state index contributed by atoms with van der Waals surface area (Å²) in [6, 6.07) is 4.57. The van der Waals surface area contributed by atoms with Crippen molar-refractivity contribution in [3.63, 3.8) is 0 Å². The van der Waals surface area contributed by atoms with Crippen molar-refractivity contribution in [3.8, 4) is 22.9 Å². The van der Waals surface area contributed by atoms with Gasteiger partial charge in [0.2, 0.25) is 5.88 Å². The van der Waals surface area contributed by atoms with Crippen LogP contribution in [0.15, 0.2) is 30.3 Å². The Morgan fingerprint density at radius 1 is 1.24 bits per heavy atom. The number of hydrogen-bond acceptors (Lipinski definition) is 9. The van der Waals surface area contributed by atoms with Crippen LogP contribution in [0.4, 0.5) is 4.39 Å². The average molecular weight is 425 g/mol. The second-order valence-corrected chi connectivity index (χ2v) is 7.12. The average Bonchev–Trinajstić information content (AvgIpc) is 3.27. The van der Waals surface area contributed by atoms with Crippen LogP contribution in [0.1, 0.15) is 26.4 Å². The molecule has 0 aliphatic carbocycles. The molecule has 0 bridgehead atoms. The summed E-state index contributed by atoms with van der Waals surface area (Å²) in [6.45, 7) is -0.581. The molecular formula is C17H16FN3O7S. The van der Waals surface area contributed by atoms with Crippen molar-refractivity contribution in [2.24, 2.45) is 0 Å². The highest BCUT2D eigenvalue weighted by molar-refractivity contribution is 7.12. The number of aromatic amines is 1. The third-order valence-electron chi connectivity index (χ3n) is 3.94. The lowest BCUT2D eigenvalue weighted by molar-refractivity contribution is -0.328. The number of aromatic nitrogens is 2. The Balaban J connectivity index is 1.85. The van der Waals surface area contributed by atoms with E-state index < -0.39 is 42.0 Å². The van der Waals surface area contributed by atoms with Gasteiger partial charge in [-0.2, -0.15) is 0 Å². The molecule has 1 aromatic carbocycles. The van der Waals surface area contributed by atoms with Crippen molar-refractivity contribution in [1.82, 2.24) is 15.3 Å². The molecule has 8 N–H and O–H groups in total. The lowest BCUT2D eigenvalue weighted by Gasteiger charge is -2.24. The fourth-order valence-corrected chi connectivity index (χ4v) is 3.41. The van der Waals surface area contributed by atoms with Crippen LogP contribution in [0.3, 0.4) is 0 Å². The van der Waals surface area contributed by atoms with E-state index in [1.165, 1.54) is 18.2 Å². The summed E-state index contributed by atoms with van der Waals surface area (Å²) >= 11 is 0.655. The molecule has 0 radical (unpaired) electrons. The third kappa shape index (κ3) is 4.36. The number of phenols is 1. The monoisotopic (exact) mass is 425 g/mol. The van der Waals surface area contributed by atoms with E-state index in [-0.39, 0.29) is 15.6 Å². The summed E-state index contributed by atoms with van der Waals surface area (Å²) in [5.74, 6) is -6.24. The third-order valence-corrected chi connectivity index (χ3v) is 5.03. The van der Waals surface area contributed by atoms with Gasteiger partial charge in [-0.1, -0.05) is 0 Å². The van der Waals surface area contributed by atoms with Gasteiger partial charge in [-0.15, -0.1) is 11.3 Å². The van der Waals surface area contributed by atoms with E-state index >= 15 is 0 Å². The first-order valence-electron chi connectivity index (χ1n) is 8.05. The first-order valence-corrected chi connectivity index (χ1v) is 8.87. The maximum absolute atomic E-state index is 13.5. The van der Waals surface area contributed by atoms with E-state index in [0.717, 1.165) is 12.1 Å². The van der Waals surface area contributed by atoms with Crippen LogP contribution in [-0.4, -0.2) is 52.5 Å². The van der Waals surface area contributed by atoms with E-state index in [2.05, 4.69) is 15.3 Å². The predicted molar refractivity (Wildman–Crippen MR) is 97.1 cm³/mol. The molecule has 0 aliphatic heterocycles. The minimum atomic E-state index is -3.41. The summed E-state index contributed by atoms with van der Waals surface area (Å²) in [6.07, 6.45) is 0. The number of halogens is 1. The van der Waals surface area contributed by atoms with Crippen molar-refractivity contribution < 1.29 is 39.8 Å². The highest BCUT2D eigenvalue weighted by Gasteiger charge is 2.38. The highest BCUT2D eigenvalue weighted by atomic mass is 32.1. The molecule has 12 heteroatoms. The van der Waals surface area contributed by atoms with Crippen LogP contribution in [0.2, 0.25) is 0 Å². The molecule has 3 aromatic rings. The number of amides is 1. The molecule has 154 valence electrons. The van der Waals surface area contributed by atoms with Crippen LogP contribution in [0.5, 0.6) is 11.6 Å². The molecule has 2 aromatic heterocycles.